The van der Waals surface area contributed by atoms with Crippen LogP contribution in [0.1, 0.15) is 17.5 Å². The van der Waals surface area contributed by atoms with Crippen molar-refractivity contribution in [2.75, 3.05) is 30.9 Å². The van der Waals surface area contributed by atoms with Crippen LogP contribution in [-0.4, -0.2) is 32.5 Å². The summed E-state index contributed by atoms with van der Waals surface area (Å²) in [5, 5.41) is 5.44. The first-order valence-electron chi connectivity index (χ1n) is 8.34. The van der Waals surface area contributed by atoms with Gasteiger partial charge < -0.3 is 15.5 Å². The number of rotatable bonds is 7. The van der Waals surface area contributed by atoms with Crippen molar-refractivity contribution in [3.63, 3.8) is 0 Å². The molecule has 0 spiro atoms. The quantitative estimate of drug-likeness (QED) is 0.815. The molecule has 0 saturated carbocycles. The van der Waals surface area contributed by atoms with Gasteiger partial charge in [-0.3, -0.25) is 9.59 Å². The van der Waals surface area contributed by atoms with Gasteiger partial charge in [-0.25, -0.2) is 0 Å². The fourth-order valence-electron chi connectivity index (χ4n) is 2.45. The summed E-state index contributed by atoms with van der Waals surface area (Å²) in [6, 6.07) is 15.5. The van der Waals surface area contributed by atoms with Crippen molar-refractivity contribution >= 4 is 23.2 Å². The average Bonchev–Trinajstić information content (AvgIpc) is 2.59. The number of amides is 2. The fraction of sp³-hybridized carbons (Fsp3) is 0.300. The smallest absolute Gasteiger partial charge is 0.243 e. The van der Waals surface area contributed by atoms with Gasteiger partial charge in [-0.2, -0.15) is 0 Å². The number of carbonyl (C=O) groups is 2. The Morgan fingerprint density at radius 2 is 1.64 bits per heavy atom. The van der Waals surface area contributed by atoms with Gasteiger partial charge in [0.1, 0.15) is 0 Å². The fourth-order valence-corrected chi connectivity index (χ4v) is 2.45. The van der Waals surface area contributed by atoms with E-state index in [1.54, 1.807) is 0 Å². The number of anilines is 2. The van der Waals surface area contributed by atoms with Crippen LogP contribution in [-0.2, 0) is 16.0 Å². The molecule has 0 heterocycles. The van der Waals surface area contributed by atoms with Crippen LogP contribution in [0.5, 0.6) is 0 Å². The Labute approximate surface area is 149 Å². The Balaban J connectivity index is 1.74. The summed E-state index contributed by atoms with van der Waals surface area (Å²) < 4.78 is 0. The Hall–Kier alpha value is -2.82. The number of nitrogens with one attached hydrogen (secondary N) is 2. The summed E-state index contributed by atoms with van der Waals surface area (Å²) in [7, 11) is 3.92. The summed E-state index contributed by atoms with van der Waals surface area (Å²) in [6.45, 7) is 2.00. The lowest BCUT2D eigenvalue weighted by Gasteiger charge is -2.13. The first kappa shape index (κ1) is 18.5. The van der Waals surface area contributed by atoms with Crippen molar-refractivity contribution in [3.8, 4) is 0 Å². The predicted molar refractivity (Wildman–Crippen MR) is 102 cm³/mol. The molecule has 5 heteroatoms. The Bertz CT molecular complexity index is 724. The molecule has 5 nitrogen and oxygen atoms in total. The molecule has 0 aliphatic heterocycles. The highest BCUT2D eigenvalue weighted by Crippen LogP contribution is 2.15. The van der Waals surface area contributed by atoms with E-state index in [4.69, 9.17) is 0 Å². The zero-order valence-electron chi connectivity index (χ0n) is 15.0. The van der Waals surface area contributed by atoms with Crippen LogP contribution in [0.15, 0.2) is 48.5 Å². The summed E-state index contributed by atoms with van der Waals surface area (Å²) in [4.78, 5) is 25.8. The van der Waals surface area contributed by atoms with Gasteiger partial charge in [0.05, 0.1) is 6.54 Å². The number of hydrogen-bond donors (Lipinski definition) is 2. The summed E-state index contributed by atoms with van der Waals surface area (Å²) in [6.07, 6.45) is 1.04. The molecule has 2 amide bonds. The van der Waals surface area contributed by atoms with Crippen molar-refractivity contribution < 1.29 is 9.59 Å². The minimum absolute atomic E-state index is 0.0258. The highest BCUT2D eigenvalue weighted by Gasteiger charge is 2.07. The molecule has 2 aromatic carbocycles. The minimum atomic E-state index is -0.234. The average molecular weight is 339 g/mol. The third-order valence-electron chi connectivity index (χ3n) is 4.00. The molecule has 0 unspecified atom stereocenters. The van der Waals surface area contributed by atoms with Gasteiger partial charge in [-0.05, 0) is 48.7 Å². The monoisotopic (exact) mass is 339 g/mol. The van der Waals surface area contributed by atoms with Crippen molar-refractivity contribution in [1.82, 2.24) is 5.32 Å². The first-order valence-corrected chi connectivity index (χ1v) is 8.34. The van der Waals surface area contributed by atoms with E-state index in [1.165, 1.54) is 5.56 Å². The minimum Gasteiger partial charge on any atom is -0.378 e. The molecule has 2 rings (SSSR count). The topological polar surface area (TPSA) is 61.4 Å². The second kappa shape index (κ2) is 8.87. The van der Waals surface area contributed by atoms with E-state index in [2.05, 4.69) is 10.6 Å². The lowest BCUT2D eigenvalue weighted by atomic mass is 10.0. The van der Waals surface area contributed by atoms with E-state index in [9.17, 15) is 9.59 Å². The largest absolute Gasteiger partial charge is 0.378 e. The molecule has 0 aliphatic rings. The highest BCUT2D eigenvalue weighted by atomic mass is 16.2. The Morgan fingerprint density at radius 3 is 2.28 bits per heavy atom. The van der Waals surface area contributed by atoms with Crippen LogP contribution >= 0.6 is 0 Å². The zero-order chi connectivity index (χ0) is 18.2. The number of benzene rings is 2. The van der Waals surface area contributed by atoms with E-state index in [1.807, 2.05) is 74.4 Å². The van der Waals surface area contributed by atoms with Gasteiger partial charge in [0.25, 0.3) is 0 Å². The third kappa shape index (κ3) is 5.95. The first-order chi connectivity index (χ1) is 12.0. The van der Waals surface area contributed by atoms with Crippen LogP contribution in [0.4, 0.5) is 11.4 Å². The third-order valence-corrected chi connectivity index (χ3v) is 4.00. The Morgan fingerprint density at radius 1 is 0.960 bits per heavy atom. The molecule has 0 fully saturated rings. The summed E-state index contributed by atoms with van der Waals surface area (Å²) in [5.74, 6) is -0.358. The van der Waals surface area contributed by atoms with Crippen LogP contribution in [0, 0.1) is 6.92 Å². The zero-order valence-corrected chi connectivity index (χ0v) is 15.0. The number of nitrogens with zero attached hydrogens (tertiary/aromatic N) is 1. The maximum atomic E-state index is 11.9. The molecule has 2 N–H and O–H groups in total. The van der Waals surface area contributed by atoms with Crippen LogP contribution in [0.2, 0.25) is 0 Å². The molecule has 25 heavy (non-hydrogen) atoms. The van der Waals surface area contributed by atoms with Crippen LogP contribution in [0.3, 0.4) is 0 Å². The molecule has 0 atom stereocenters. The molecule has 0 aromatic heterocycles. The standard InChI is InChI=1S/C20H25N3O2/c1-15-6-4-5-7-16(15)8-13-19(24)21-14-20(25)22-17-9-11-18(12-10-17)23(2)3/h4-7,9-12H,8,13-14H2,1-3H3,(H,21,24)(H,22,25). The van der Waals surface area contributed by atoms with E-state index >= 15 is 0 Å². The molecule has 2 aromatic rings. The highest BCUT2D eigenvalue weighted by molar-refractivity contribution is 5.94. The number of aryl methyl sites for hydroxylation is 2. The normalized spacial score (nSPS) is 10.2. The van der Waals surface area contributed by atoms with E-state index in [0.29, 0.717) is 18.5 Å². The van der Waals surface area contributed by atoms with Crippen molar-refractivity contribution in [1.29, 1.82) is 0 Å². The second-order valence-electron chi connectivity index (χ2n) is 6.19. The number of hydrogen-bond acceptors (Lipinski definition) is 3. The van der Waals surface area contributed by atoms with Gasteiger partial charge >= 0.3 is 0 Å². The van der Waals surface area contributed by atoms with Crippen LogP contribution < -0.4 is 15.5 Å². The second-order valence-corrected chi connectivity index (χ2v) is 6.19. The van der Waals surface area contributed by atoms with E-state index in [-0.39, 0.29) is 18.4 Å². The number of carbonyl (C=O) groups excluding carboxylic acids is 2. The molecule has 0 bridgehead atoms. The van der Waals surface area contributed by atoms with E-state index in [0.717, 1.165) is 11.3 Å². The van der Waals surface area contributed by atoms with Gasteiger partial charge in [-0.15, -0.1) is 0 Å². The van der Waals surface area contributed by atoms with Gasteiger partial charge in [-0.1, -0.05) is 24.3 Å². The Kier molecular flexibility index (Phi) is 6.57. The van der Waals surface area contributed by atoms with Crippen molar-refractivity contribution in [3.05, 3.63) is 59.7 Å². The maximum Gasteiger partial charge on any atom is 0.243 e. The SMILES string of the molecule is Cc1ccccc1CCC(=O)NCC(=O)Nc1ccc(N(C)C)cc1. The molecule has 0 saturated heterocycles. The molecular weight excluding hydrogens is 314 g/mol. The van der Waals surface area contributed by atoms with Crippen LogP contribution in [0.25, 0.3) is 0 Å². The van der Waals surface area contributed by atoms with Crippen molar-refractivity contribution in [2.45, 2.75) is 19.8 Å². The van der Waals surface area contributed by atoms with Gasteiger partial charge in [0.2, 0.25) is 11.8 Å². The lowest BCUT2D eigenvalue weighted by molar-refractivity contribution is -0.124. The van der Waals surface area contributed by atoms with Gasteiger partial charge in [0, 0.05) is 31.9 Å². The lowest BCUT2D eigenvalue weighted by Crippen LogP contribution is -2.33. The van der Waals surface area contributed by atoms with Gasteiger partial charge in [0.15, 0.2) is 0 Å². The molecule has 132 valence electrons. The van der Waals surface area contributed by atoms with Crippen molar-refractivity contribution in [2.24, 2.45) is 0 Å². The maximum absolute atomic E-state index is 11.9. The molecule has 0 radical (unpaired) electrons. The van der Waals surface area contributed by atoms with E-state index < -0.39 is 0 Å². The molecular formula is C20H25N3O2. The molecule has 0 aliphatic carbocycles. The summed E-state index contributed by atoms with van der Waals surface area (Å²) in [5.41, 5.74) is 4.10. The predicted octanol–water partition coefficient (Wildman–Crippen LogP) is 2.75. The summed E-state index contributed by atoms with van der Waals surface area (Å²) >= 11 is 0.